The molecule has 0 bridgehead atoms. The highest BCUT2D eigenvalue weighted by atomic mass is 32.2. The van der Waals surface area contributed by atoms with Crippen molar-refractivity contribution in [2.75, 3.05) is 10.6 Å². The molecule has 2 atom stereocenters. The first kappa shape index (κ1) is 32.2. The van der Waals surface area contributed by atoms with Crippen molar-refractivity contribution < 1.29 is 38.1 Å². The maximum Gasteiger partial charge on any atom is 0.326 e. The average molecular weight is 609 g/mol. The Bertz CT molecular complexity index is 1540. The van der Waals surface area contributed by atoms with Crippen molar-refractivity contribution in [3.8, 4) is 0 Å². The molecule has 1 fully saturated rings. The monoisotopic (exact) mass is 608 g/mol. The zero-order valence-electron chi connectivity index (χ0n) is 23.1. The molecule has 0 aromatic heterocycles. The van der Waals surface area contributed by atoms with E-state index in [1.165, 1.54) is 6.07 Å². The summed E-state index contributed by atoms with van der Waals surface area (Å²) in [6.07, 6.45) is -0.600. The summed E-state index contributed by atoms with van der Waals surface area (Å²) >= 11 is 0. The van der Waals surface area contributed by atoms with Crippen molar-refractivity contribution in [3.05, 3.63) is 61.8 Å². The minimum absolute atomic E-state index is 0.0188. The first-order valence-electron chi connectivity index (χ1n) is 12.6. The number of nitrogens with zero attached hydrogens (tertiary/aromatic N) is 3. The summed E-state index contributed by atoms with van der Waals surface area (Å²) in [4.78, 5) is 43.1. The van der Waals surface area contributed by atoms with Crippen LogP contribution in [0, 0.1) is 25.4 Å². The molecule has 0 spiro atoms. The molecule has 2 unspecified atom stereocenters. The summed E-state index contributed by atoms with van der Waals surface area (Å²) in [5.41, 5.74) is -3.48. The van der Waals surface area contributed by atoms with E-state index in [2.05, 4.69) is 10.6 Å². The number of benzene rings is 2. The maximum atomic E-state index is 13.4. The van der Waals surface area contributed by atoms with Crippen molar-refractivity contribution in [2.45, 2.75) is 79.9 Å². The molecule has 17 heteroatoms. The zero-order valence-corrected chi connectivity index (χ0v) is 23.9. The Labute approximate surface area is 240 Å². The number of rotatable bonds is 12. The zero-order chi connectivity index (χ0) is 31.8. The van der Waals surface area contributed by atoms with E-state index < -0.39 is 88.8 Å². The van der Waals surface area contributed by atoms with Crippen molar-refractivity contribution in [3.63, 3.8) is 0 Å². The maximum absolute atomic E-state index is 13.4. The summed E-state index contributed by atoms with van der Waals surface area (Å²) in [7, 11) is -4.54. The van der Waals surface area contributed by atoms with Crippen LogP contribution in [0.3, 0.4) is 0 Å². The van der Waals surface area contributed by atoms with Gasteiger partial charge in [0.25, 0.3) is 11.4 Å². The van der Waals surface area contributed by atoms with Gasteiger partial charge in [0.15, 0.2) is 0 Å². The Hall–Kier alpha value is -4.35. The third kappa shape index (κ3) is 6.42. The van der Waals surface area contributed by atoms with E-state index in [0.29, 0.717) is 12.5 Å². The third-order valence-corrected chi connectivity index (χ3v) is 8.94. The Morgan fingerprint density at radius 1 is 1.00 bits per heavy atom. The Kier molecular flexibility index (Phi) is 8.81. The van der Waals surface area contributed by atoms with Gasteiger partial charge in [0.2, 0.25) is 9.84 Å². The van der Waals surface area contributed by atoms with Gasteiger partial charge in [0.05, 0.1) is 19.6 Å². The van der Waals surface area contributed by atoms with Crippen molar-refractivity contribution in [1.29, 1.82) is 0 Å². The van der Waals surface area contributed by atoms with Crippen LogP contribution in [0.15, 0.2) is 46.2 Å². The minimum Gasteiger partial charge on any atom is -0.784 e. The van der Waals surface area contributed by atoms with Gasteiger partial charge in [-0.3, -0.25) is 25.0 Å². The summed E-state index contributed by atoms with van der Waals surface area (Å²) in [6.45, 7) is 6.86. The second-order valence-electron chi connectivity index (χ2n) is 11.0. The van der Waals surface area contributed by atoms with E-state index in [4.69, 9.17) is 5.11 Å². The number of anilines is 2. The Morgan fingerprint density at radius 2 is 1.50 bits per heavy atom. The second-order valence-corrected chi connectivity index (χ2v) is 13.0. The number of sulfone groups is 1. The normalized spacial score (nSPS) is 18.6. The fraction of sp³-hybridized carbons (Fsp3) is 0.440. The largest absolute Gasteiger partial charge is 0.784 e. The Morgan fingerprint density at radius 3 is 1.93 bits per heavy atom. The van der Waals surface area contributed by atoms with Gasteiger partial charge in [0.1, 0.15) is 17.4 Å². The summed E-state index contributed by atoms with van der Waals surface area (Å²) in [5.74, 6) is -2.76. The number of nitrogens with one attached hydrogen (secondary N) is 2. The molecule has 2 aromatic carbocycles. The summed E-state index contributed by atoms with van der Waals surface area (Å²) in [5, 5.41) is 60.8. The lowest BCUT2D eigenvalue weighted by Gasteiger charge is -2.47. The standard InChI is InChI=1S/C25H30N5O11S/c1-24(2)13-21(25(3,4)30(24)39)27-17-8-6-15(12-20(17)29(37)38)42(40,41)14-5-7-16(19(11-14)28(35)36)26-18(23(33)34)9-10-22(31)32/h5-8,11-12,18,21,26-27H,9-10,13H2,1-4H3,(H,31,32)(H,33,34)/q-1. The van der Waals surface area contributed by atoms with Crippen molar-refractivity contribution in [2.24, 2.45) is 0 Å². The van der Waals surface area contributed by atoms with E-state index >= 15 is 0 Å². The fourth-order valence-electron chi connectivity index (χ4n) is 4.92. The average Bonchev–Trinajstić information content (AvgIpc) is 3.04. The highest BCUT2D eigenvalue weighted by Crippen LogP contribution is 2.42. The number of carboxylic acids is 2. The van der Waals surface area contributed by atoms with Crippen molar-refractivity contribution in [1.82, 2.24) is 5.06 Å². The topological polar surface area (TPSA) is 245 Å². The molecule has 4 N–H and O–H groups in total. The molecule has 0 saturated carbocycles. The molecule has 1 aliphatic heterocycles. The van der Waals surface area contributed by atoms with E-state index in [1.54, 1.807) is 27.7 Å². The number of carbonyl (C=O) groups is 2. The number of hydrogen-bond acceptors (Lipinski definition) is 12. The predicted molar refractivity (Wildman–Crippen MR) is 149 cm³/mol. The molecule has 1 saturated heterocycles. The molecular weight excluding hydrogens is 578 g/mol. The van der Waals surface area contributed by atoms with Gasteiger partial charge in [-0.05, 0) is 64.8 Å². The fourth-order valence-corrected chi connectivity index (χ4v) is 6.22. The number of nitro benzene ring substituents is 2. The molecular formula is C25H30N5O11S-. The van der Waals surface area contributed by atoms with E-state index in [1.807, 2.05) is 0 Å². The summed E-state index contributed by atoms with van der Waals surface area (Å²) < 4.78 is 26.8. The highest BCUT2D eigenvalue weighted by molar-refractivity contribution is 7.91. The van der Waals surface area contributed by atoms with Crippen LogP contribution >= 0.6 is 0 Å². The molecule has 228 valence electrons. The van der Waals surface area contributed by atoms with Gasteiger partial charge in [0, 0.05) is 35.7 Å². The minimum atomic E-state index is -4.54. The van der Waals surface area contributed by atoms with Crippen LogP contribution < -0.4 is 10.6 Å². The molecule has 16 nitrogen and oxygen atoms in total. The predicted octanol–water partition coefficient (Wildman–Crippen LogP) is 3.61. The van der Waals surface area contributed by atoms with E-state index in [9.17, 15) is 48.5 Å². The van der Waals surface area contributed by atoms with Gasteiger partial charge in [-0.25, -0.2) is 13.2 Å². The van der Waals surface area contributed by atoms with Gasteiger partial charge in [-0.15, -0.1) is 0 Å². The number of hydrogen-bond donors (Lipinski definition) is 4. The van der Waals surface area contributed by atoms with Crippen LogP contribution in [-0.2, 0) is 19.4 Å². The number of nitro groups is 2. The lowest BCUT2D eigenvalue weighted by atomic mass is 9.94. The van der Waals surface area contributed by atoms with Gasteiger partial charge in [-0.2, -0.15) is 0 Å². The molecule has 0 amide bonds. The molecule has 0 radical (unpaired) electrons. The number of aliphatic carboxylic acids is 2. The molecule has 1 aliphatic rings. The highest BCUT2D eigenvalue weighted by Gasteiger charge is 2.47. The summed E-state index contributed by atoms with van der Waals surface area (Å²) in [6, 6.07) is 3.66. The smallest absolute Gasteiger partial charge is 0.326 e. The van der Waals surface area contributed by atoms with Crippen LogP contribution in [0.4, 0.5) is 22.7 Å². The second kappa shape index (κ2) is 11.5. The van der Waals surface area contributed by atoms with Crippen LogP contribution in [0.1, 0.15) is 47.0 Å². The lowest BCUT2D eigenvalue weighted by Crippen LogP contribution is -2.48. The molecule has 42 heavy (non-hydrogen) atoms. The first-order chi connectivity index (χ1) is 19.3. The van der Waals surface area contributed by atoms with Crippen molar-refractivity contribution >= 4 is 44.5 Å². The van der Waals surface area contributed by atoms with Crippen LogP contribution in [0.2, 0.25) is 0 Å². The van der Waals surface area contributed by atoms with E-state index in [0.717, 1.165) is 29.3 Å². The third-order valence-electron chi connectivity index (χ3n) is 7.19. The van der Waals surface area contributed by atoms with Crippen LogP contribution in [0.5, 0.6) is 0 Å². The van der Waals surface area contributed by atoms with Crippen LogP contribution in [0.25, 0.3) is 0 Å². The SMILES string of the molecule is CC1(C)CC(Nc2ccc(S(=O)(=O)c3ccc(NC(CCC(=O)O)C(=O)O)c([N+](=O)[O-])c3)cc2[N+](=O)[O-])C(C)(C)N1[O-]. The Balaban J connectivity index is 1.98. The molecule has 2 aromatic rings. The van der Waals surface area contributed by atoms with Gasteiger partial charge in [-0.1, -0.05) is 0 Å². The van der Waals surface area contributed by atoms with Gasteiger partial charge < -0.3 is 31.1 Å². The first-order valence-corrected chi connectivity index (χ1v) is 14.0. The lowest BCUT2D eigenvalue weighted by molar-refractivity contribution is -0.384. The van der Waals surface area contributed by atoms with Crippen LogP contribution in [-0.4, -0.2) is 68.6 Å². The molecule has 0 aliphatic carbocycles. The molecule has 3 rings (SSSR count). The van der Waals surface area contributed by atoms with Gasteiger partial charge >= 0.3 is 11.9 Å². The quantitative estimate of drug-likeness (QED) is 0.199. The number of carboxylic acid groups (broad SMARTS) is 2. The van der Waals surface area contributed by atoms with E-state index in [-0.39, 0.29) is 11.4 Å². The number of hydroxylamine groups is 2. The molecule has 1 heterocycles.